The molecule has 0 radical (unpaired) electrons. The summed E-state index contributed by atoms with van der Waals surface area (Å²) in [5.74, 6) is 1.61. The lowest BCUT2D eigenvalue weighted by Gasteiger charge is -2.24. The van der Waals surface area contributed by atoms with Crippen molar-refractivity contribution in [3.05, 3.63) is 23.8 Å². The molecular weight excluding hydrogens is 254 g/mol. The van der Waals surface area contributed by atoms with E-state index >= 15 is 0 Å². The fraction of sp³-hybridized carbons (Fsp3) is 0.538. The van der Waals surface area contributed by atoms with Gasteiger partial charge in [0.1, 0.15) is 13.2 Å². The molecule has 18 heavy (non-hydrogen) atoms. The van der Waals surface area contributed by atoms with Crippen molar-refractivity contribution in [1.82, 2.24) is 5.32 Å². The van der Waals surface area contributed by atoms with Crippen LogP contribution in [0.3, 0.4) is 0 Å². The van der Waals surface area contributed by atoms with E-state index in [1.807, 2.05) is 32.0 Å². The average Bonchev–Trinajstić information content (AvgIpc) is 2.36. The predicted molar refractivity (Wildman–Crippen MR) is 72.7 cm³/mol. The summed E-state index contributed by atoms with van der Waals surface area (Å²) in [5, 5.41) is 12.4. The van der Waals surface area contributed by atoms with E-state index in [2.05, 4.69) is 5.32 Å². The van der Waals surface area contributed by atoms with Gasteiger partial charge < -0.3 is 19.9 Å². The highest BCUT2D eigenvalue weighted by Crippen LogP contribution is 2.30. The molecule has 1 aromatic carbocycles. The Morgan fingerprint density at radius 3 is 2.56 bits per heavy atom. The Morgan fingerprint density at radius 2 is 1.89 bits per heavy atom. The van der Waals surface area contributed by atoms with Crippen molar-refractivity contribution in [2.24, 2.45) is 0 Å². The first kappa shape index (κ1) is 15.1. The molecule has 0 aliphatic carbocycles. The van der Waals surface area contributed by atoms with Crippen molar-refractivity contribution in [3.63, 3.8) is 0 Å². The van der Waals surface area contributed by atoms with Crippen molar-refractivity contribution >= 4 is 12.4 Å². The molecule has 0 amide bonds. The van der Waals surface area contributed by atoms with E-state index in [1.165, 1.54) is 0 Å². The number of nitrogens with one attached hydrogen (secondary N) is 1. The summed E-state index contributed by atoms with van der Waals surface area (Å²) in [7, 11) is 0. The van der Waals surface area contributed by atoms with Crippen LogP contribution in [-0.2, 0) is 6.54 Å². The number of aliphatic hydroxyl groups excluding tert-OH is 1. The molecule has 0 spiro atoms. The third kappa shape index (κ3) is 3.77. The van der Waals surface area contributed by atoms with Crippen LogP contribution in [-0.4, -0.2) is 30.5 Å². The van der Waals surface area contributed by atoms with Crippen LogP contribution in [0.25, 0.3) is 0 Å². The number of hydrogen-bond acceptors (Lipinski definition) is 4. The van der Waals surface area contributed by atoms with E-state index < -0.39 is 0 Å². The summed E-state index contributed by atoms with van der Waals surface area (Å²) >= 11 is 0. The molecule has 1 aromatic rings. The Hall–Kier alpha value is -0.970. The maximum atomic E-state index is 9.16. The quantitative estimate of drug-likeness (QED) is 0.877. The van der Waals surface area contributed by atoms with Crippen LogP contribution in [0.4, 0.5) is 0 Å². The summed E-state index contributed by atoms with van der Waals surface area (Å²) in [6, 6.07) is 5.92. The van der Waals surface area contributed by atoms with Crippen LogP contribution in [0, 0.1) is 0 Å². The van der Waals surface area contributed by atoms with Gasteiger partial charge in [0.2, 0.25) is 0 Å². The average molecular weight is 274 g/mol. The monoisotopic (exact) mass is 273 g/mol. The van der Waals surface area contributed by atoms with E-state index in [1.54, 1.807) is 0 Å². The maximum Gasteiger partial charge on any atom is 0.161 e. The molecule has 4 nitrogen and oxygen atoms in total. The number of halogens is 1. The topological polar surface area (TPSA) is 50.7 Å². The first-order valence-electron chi connectivity index (χ1n) is 5.85. The Bertz CT molecular complexity index is 396. The second-order valence-corrected chi connectivity index (χ2v) is 4.87. The van der Waals surface area contributed by atoms with Gasteiger partial charge in [0.15, 0.2) is 11.5 Å². The van der Waals surface area contributed by atoms with Gasteiger partial charge in [-0.3, -0.25) is 0 Å². The molecule has 1 aliphatic rings. The Balaban J connectivity index is 0.00000162. The van der Waals surface area contributed by atoms with Crippen molar-refractivity contribution in [1.29, 1.82) is 0 Å². The molecule has 0 saturated heterocycles. The predicted octanol–water partition coefficient (Wildman–Crippen LogP) is 1.74. The van der Waals surface area contributed by atoms with Crippen molar-refractivity contribution in [2.75, 3.05) is 19.8 Å². The minimum Gasteiger partial charge on any atom is -0.486 e. The second-order valence-electron chi connectivity index (χ2n) is 4.87. The third-order valence-electron chi connectivity index (χ3n) is 2.77. The summed E-state index contributed by atoms with van der Waals surface area (Å²) in [5.41, 5.74) is 0.851. The third-order valence-corrected chi connectivity index (χ3v) is 2.77. The lowest BCUT2D eigenvalue weighted by molar-refractivity contribution is 0.171. The molecule has 1 heterocycles. The van der Waals surface area contributed by atoms with E-state index in [4.69, 9.17) is 14.6 Å². The minimum absolute atomic E-state index is 0. The van der Waals surface area contributed by atoms with Gasteiger partial charge in [-0.05, 0) is 31.5 Å². The normalized spacial score (nSPS) is 13.9. The molecular formula is C13H20ClNO3. The first-order chi connectivity index (χ1) is 8.11. The van der Waals surface area contributed by atoms with E-state index in [0.29, 0.717) is 19.8 Å². The molecule has 1 aliphatic heterocycles. The van der Waals surface area contributed by atoms with Crippen LogP contribution >= 0.6 is 12.4 Å². The minimum atomic E-state index is -0.271. The largest absolute Gasteiger partial charge is 0.486 e. The molecule has 0 fully saturated rings. The van der Waals surface area contributed by atoms with Gasteiger partial charge in [-0.25, -0.2) is 0 Å². The fourth-order valence-corrected chi connectivity index (χ4v) is 1.59. The van der Waals surface area contributed by atoms with E-state index in [0.717, 1.165) is 17.1 Å². The van der Waals surface area contributed by atoms with Gasteiger partial charge in [0.25, 0.3) is 0 Å². The summed E-state index contributed by atoms with van der Waals surface area (Å²) in [6.07, 6.45) is 0. The molecule has 0 unspecified atom stereocenters. The lowest BCUT2D eigenvalue weighted by Crippen LogP contribution is -2.42. The van der Waals surface area contributed by atoms with Crippen LogP contribution in [0.15, 0.2) is 18.2 Å². The SMILES string of the molecule is CC(C)(CO)NCc1ccc2c(c1)OCCO2.Cl. The molecule has 0 saturated carbocycles. The first-order valence-corrected chi connectivity index (χ1v) is 5.85. The van der Waals surface area contributed by atoms with Gasteiger partial charge in [-0.1, -0.05) is 6.07 Å². The second kappa shape index (κ2) is 6.27. The molecule has 0 bridgehead atoms. The van der Waals surface area contributed by atoms with Crippen LogP contribution in [0.2, 0.25) is 0 Å². The maximum absolute atomic E-state index is 9.16. The summed E-state index contributed by atoms with van der Waals surface area (Å²) in [4.78, 5) is 0. The van der Waals surface area contributed by atoms with Gasteiger partial charge in [-0.15, -0.1) is 12.4 Å². The summed E-state index contributed by atoms with van der Waals surface area (Å²) in [6.45, 7) is 5.95. The Labute approximate surface area is 114 Å². The highest BCUT2D eigenvalue weighted by Gasteiger charge is 2.16. The number of hydrogen-bond donors (Lipinski definition) is 2. The lowest BCUT2D eigenvalue weighted by atomic mass is 10.1. The van der Waals surface area contributed by atoms with Gasteiger partial charge >= 0.3 is 0 Å². The van der Waals surface area contributed by atoms with E-state index in [-0.39, 0.29) is 24.6 Å². The van der Waals surface area contributed by atoms with Gasteiger partial charge in [0, 0.05) is 12.1 Å². The zero-order chi connectivity index (χ0) is 12.3. The number of ether oxygens (including phenoxy) is 2. The molecule has 102 valence electrons. The number of benzene rings is 1. The van der Waals surface area contributed by atoms with Crippen molar-refractivity contribution < 1.29 is 14.6 Å². The van der Waals surface area contributed by atoms with Crippen LogP contribution in [0.1, 0.15) is 19.4 Å². The highest BCUT2D eigenvalue weighted by molar-refractivity contribution is 5.85. The zero-order valence-electron chi connectivity index (χ0n) is 10.7. The molecule has 0 aromatic heterocycles. The Morgan fingerprint density at radius 1 is 1.22 bits per heavy atom. The number of aliphatic hydroxyl groups is 1. The zero-order valence-corrected chi connectivity index (χ0v) is 11.5. The molecule has 2 rings (SSSR count). The smallest absolute Gasteiger partial charge is 0.161 e. The molecule has 0 atom stereocenters. The van der Waals surface area contributed by atoms with E-state index in [9.17, 15) is 0 Å². The Kier molecular flexibility index (Phi) is 5.26. The fourth-order valence-electron chi connectivity index (χ4n) is 1.59. The number of fused-ring (bicyclic) bond motifs is 1. The standard InChI is InChI=1S/C13H19NO3.ClH/c1-13(2,9-15)14-8-10-3-4-11-12(7-10)17-6-5-16-11;/h3-4,7,14-15H,5-6,8-9H2,1-2H3;1H. The van der Waals surface area contributed by atoms with Crippen LogP contribution in [0.5, 0.6) is 11.5 Å². The molecule has 5 heteroatoms. The van der Waals surface area contributed by atoms with Crippen molar-refractivity contribution in [2.45, 2.75) is 25.9 Å². The number of rotatable bonds is 4. The van der Waals surface area contributed by atoms with Gasteiger partial charge in [-0.2, -0.15) is 0 Å². The van der Waals surface area contributed by atoms with Gasteiger partial charge in [0.05, 0.1) is 6.61 Å². The van der Waals surface area contributed by atoms with Crippen LogP contribution < -0.4 is 14.8 Å². The van der Waals surface area contributed by atoms with Crippen molar-refractivity contribution in [3.8, 4) is 11.5 Å². The molecule has 2 N–H and O–H groups in total. The summed E-state index contributed by atoms with van der Waals surface area (Å²) < 4.78 is 11.0. The highest BCUT2D eigenvalue weighted by atomic mass is 35.5.